The largest absolute Gasteiger partial charge is 0.472 e. The van der Waals surface area contributed by atoms with Crippen LogP contribution in [-0.2, 0) is 4.79 Å². The van der Waals surface area contributed by atoms with E-state index in [-0.39, 0.29) is 11.8 Å². The van der Waals surface area contributed by atoms with Crippen LogP contribution in [0.3, 0.4) is 0 Å². The molecular weight excluding hydrogens is 232 g/mol. The molecule has 1 aliphatic heterocycles. The molecule has 18 heavy (non-hydrogen) atoms. The van der Waals surface area contributed by atoms with Crippen molar-refractivity contribution < 1.29 is 14.0 Å². The maximum Gasteiger partial charge on any atom is 0.254 e. The Morgan fingerprint density at radius 1 is 1.39 bits per heavy atom. The van der Waals surface area contributed by atoms with Crippen molar-refractivity contribution >= 4 is 11.8 Å². The highest BCUT2D eigenvalue weighted by molar-refractivity contribution is 5.93. The zero-order chi connectivity index (χ0) is 12.8. The van der Waals surface area contributed by atoms with Crippen LogP contribution in [0.15, 0.2) is 23.0 Å². The molecule has 1 fully saturated rings. The lowest BCUT2D eigenvalue weighted by molar-refractivity contribution is -0.130. The molecule has 5 heteroatoms. The summed E-state index contributed by atoms with van der Waals surface area (Å²) in [7, 11) is 0. The minimum absolute atomic E-state index is 0.161. The third-order valence-electron chi connectivity index (χ3n) is 3.12. The quantitative estimate of drug-likeness (QED) is 0.878. The molecule has 1 aromatic heterocycles. The number of nitrogens with zero attached hydrogens (tertiary/aromatic N) is 1. The van der Waals surface area contributed by atoms with Gasteiger partial charge in [0.1, 0.15) is 6.26 Å². The average molecular weight is 250 g/mol. The number of hydrogen-bond acceptors (Lipinski definition) is 3. The van der Waals surface area contributed by atoms with E-state index in [1.54, 1.807) is 6.07 Å². The first-order valence-electron chi connectivity index (χ1n) is 6.35. The molecule has 2 amide bonds. The first-order valence-corrected chi connectivity index (χ1v) is 6.35. The van der Waals surface area contributed by atoms with E-state index in [4.69, 9.17) is 4.42 Å². The lowest BCUT2D eigenvalue weighted by Gasteiger charge is -2.20. The highest BCUT2D eigenvalue weighted by Crippen LogP contribution is 2.10. The minimum atomic E-state index is -0.161. The van der Waals surface area contributed by atoms with Crippen molar-refractivity contribution in [3.8, 4) is 0 Å². The Morgan fingerprint density at radius 3 is 3.06 bits per heavy atom. The number of likely N-dealkylation sites (tertiary alicyclic amines) is 1. The normalized spacial score (nSPS) is 16.4. The number of amides is 2. The lowest BCUT2D eigenvalue weighted by atomic mass is 10.2. The van der Waals surface area contributed by atoms with Gasteiger partial charge in [-0.05, 0) is 18.9 Å². The fourth-order valence-corrected chi connectivity index (χ4v) is 2.08. The maximum atomic E-state index is 11.7. The summed E-state index contributed by atoms with van der Waals surface area (Å²) in [5.74, 6) is 0.0380. The molecule has 0 bridgehead atoms. The molecular formula is C13H18N2O3. The van der Waals surface area contributed by atoms with Crippen LogP contribution >= 0.6 is 0 Å². The van der Waals surface area contributed by atoms with Gasteiger partial charge in [0.15, 0.2) is 0 Å². The Balaban J connectivity index is 1.74. The molecule has 98 valence electrons. The highest BCUT2D eigenvalue weighted by atomic mass is 16.3. The van der Waals surface area contributed by atoms with Crippen molar-refractivity contribution in [1.82, 2.24) is 10.2 Å². The smallest absolute Gasteiger partial charge is 0.254 e. The van der Waals surface area contributed by atoms with Crippen LogP contribution in [0.1, 0.15) is 36.0 Å². The van der Waals surface area contributed by atoms with E-state index in [9.17, 15) is 9.59 Å². The first kappa shape index (κ1) is 12.7. The zero-order valence-electron chi connectivity index (χ0n) is 10.4. The second kappa shape index (κ2) is 6.23. The molecule has 1 saturated heterocycles. The standard InChI is InChI=1S/C13H18N2O3/c16-12-4-2-1-3-7-15(12)8-6-14-13(17)11-5-9-18-10-11/h5,9-10H,1-4,6-8H2,(H,14,17). The van der Waals surface area contributed by atoms with Gasteiger partial charge in [-0.2, -0.15) is 0 Å². The Kier molecular flexibility index (Phi) is 4.39. The van der Waals surface area contributed by atoms with E-state index in [1.165, 1.54) is 12.5 Å². The molecule has 0 saturated carbocycles. The molecule has 0 aliphatic carbocycles. The van der Waals surface area contributed by atoms with Gasteiger partial charge in [-0.1, -0.05) is 6.42 Å². The Morgan fingerprint density at radius 2 is 2.28 bits per heavy atom. The summed E-state index contributed by atoms with van der Waals surface area (Å²) in [6, 6.07) is 1.62. The predicted octanol–water partition coefficient (Wildman–Crippen LogP) is 1.41. The molecule has 1 aromatic rings. The van der Waals surface area contributed by atoms with Crippen molar-refractivity contribution in [3.05, 3.63) is 24.2 Å². The van der Waals surface area contributed by atoms with E-state index in [0.717, 1.165) is 25.8 Å². The van der Waals surface area contributed by atoms with Gasteiger partial charge in [0.25, 0.3) is 5.91 Å². The van der Waals surface area contributed by atoms with Crippen LogP contribution in [0.4, 0.5) is 0 Å². The van der Waals surface area contributed by atoms with E-state index < -0.39 is 0 Å². The topological polar surface area (TPSA) is 62.6 Å². The maximum absolute atomic E-state index is 11.7. The summed E-state index contributed by atoms with van der Waals surface area (Å²) in [5.41, 5.74) is 0.511. The van der Waals surface area contributed by atoms with E-state index in [2.05, 4.69) is 5.32 Å². The number of rotatable bonds is 4. The molecule has 0 spiro atoms. The second-order valence-electron chi connectivity index (χ2n) is 4.46. The molecule has 0 radical (unpaired) electrons. The van der Waals surface area contributed by atoms with Crippen molar-refractivity contribution in [2.45, 2.75) is 25.7 Å². The number of nitrogens with one attached hydrogen (secondary N) is 1. The van der Waals surface area contributed by atoms with Crippen molar-refractivity contribution in [2.24, 2.45) is 0 Å². The molecule has 0 aromatic carbocycles. The summed E-state index contributed by atoms with van der Waals surface area (Å²) in [6.45, 7) is 1.87. The van der Waals surface area contributed by atoms with E-state index in [0.29, 0.717) is 25.1 Å². The molecule has 0 atom stereocenters. The van der Waals surface area contributed by atoms with E-state index in [1.807, 2.05) is 4.90 Å². The van der Waals surface area contributed by atoms with Crippen LogP contribution < -0.4 is 5.32 Å². The van der Waals surface area contributed by atoms with Crippen LogP contribution in [0, 0.1) is 0 Å². The fraction of sp³-hybridized carbons (Fsp3) is 0.538. The number of furan rings is 1. The number of hydrogen-bond donors (Lipinski definition) is 1. The third-order valence-corrected chi connectivity index (χ3v) is 3.12. The van der Waals surface area contributed by atoms with Crippen molar-refractivity contribution in [1.29, 1.82) is 0 Å². The molecule has 0 unspecified atom stereocenters. The van der Waals surface area contributed by atoms with Crippen LogP contribution in [0.25, 0.3) is 0 Å². The van der Waals surface area contributed by atoms with Gasteiger partial charge in [0.2, 0.25) is 5.91 Å². The van der Waals surface area contributed by atoms with Crippen molar-refractivity contribution in [2.75, 3.05) is 19.6 Å². The third kappa shape index (κ3) is 3.35. The Bertz CT molecular complexity index is 400. The first-order chi connectivity index (χ1) is 8.77. The summed E-state index contributed by atoms with van der Waals surface area (Å²) < 4.78 is 4.84. The summed E-state index contributed by atoms with van der Waals surface area (Å²) in [6.07, 6.45) is 6.66. The Labute approximate surface area is 106 Å². The number of carbonyl (C=O) groups excluding carboxylic acids is 2. The zero-order valence-corrected chi connectivity index (χ0v) is 10.4. The number of carbonyl (C=O) groups is 2. The minimum Gasteiger partial charge on any atom is -0.472 e. The molecule has 1 N–H and O–H groups in total. The van der Waals surface area contributed by atoms with Gasteiger partial charge >= 0.3 is 0 Å². The van der Waals surface area contributed by atoms with Crippen LogP contribution in [0.2, 0.25) is 0 Å². The molecule has 2 heterocycles. The average Bonchev–Trinajstić information content (AvgIpc) is 2.82. The summed E-state index contributed by atoms with van der Waals surface area (Å²) in [4.78, 5) is 25.2. The second-order valence-corrected chi connectivity index (χ2v) is 4.46. The van der Waals surface area contributed by atoms with Gasteiger partial charge in [-0.25, -0.2) is 0 Å². The Hall–Kier alpha value is -1.78. The lowest BCUT2D eigenvalue weighted by Crippen LogP contribution is -2.38. The summed E-state index contributed by atoms with van der Waals surface area (Å²) in [5, 5.41) is 2.78. The predicted molar refractivity (Wildman–Crippen MR) is 66.1 cm³/mol. The SMILES string of the molecule is O=C(NCCN1CCCCCC1=O)c1ccoc1. The fourth-order valence-electron chi connectivity index (χ4n) is 2.08. The molecule has 2 rings (SSSR count). The van der Waals surface area contributed by atoms with Gasteiger partial charge in [-0.3, -0.25) is 9.59 Å². The van der Waals surface area contributed by atoms with E-state index >= 15 is 0 Å². The van der Waals surface area contributed by atoms with Crippen molar-refractivity contribution in [3.63, 3.8) is 0 Å². The summed E-state index contributed by atoms with van der Waals surface area (Å²) >= 11 is 0. The van der Waals surface area contributed by atoms with Gasteiger partial charge in [-0.15, -0.1) is 0 Å². The molecule has 5 nitrogen and oxygen atoms in total. The van der Waals surface area contributed by atoms with Gasteiger partial charge < -0.3 is 14.6 Å². The monoisotopic (exact) mass is 250 g/mol. The van der Waals surface area contributed by atoms with Crippen LogP contribution in [-0.4, -0.2) is 36.3 Å². The molecule has 1 aliphatic rings. The van der Waals surface area contributed by atoms with Crippen LogP contribution in [0.5, 0.6) is 0 Å². The van der Waals surface area contributed by atoms with Gasteiger partial charge in [0.05, 0.1) is 11.8 Å². The highest BCUT2D eigenvalue weighted by Gasteiger charge is 2.16. The van der Waals surface area contributed by atoms with Gasteiger partial charge in [0, 0.05) is 26.1 Å².